The lowest BCUT2D eigenvalue weighted by atomic mass is 10.1. The van der Waals surface area contributed by atoms with Gasteiger partial charge in [-0.05, 0) is 0 Å². The van der Waals surface area contributed by atoms with Gasteiger partial charge >= 0.3 is 10.3 Å². The third-order valence-corrected chi connectivity index (χ3v) is 6.11. The number of thioether (sulfide) groups is 1. The zero-order valence-electron chi connectivity index (χ0n) is 13.4. The van der Waals surface area contributed by atoms with E-state index in [0.29, 0.717) is 5.75 Å². The second-order valence-electron chi connectivity index (χ2n) is 4.81. The van der Waals surface area contributed by atoms with Gasteiger partial charge in [0.1, 0.15) is 24.2 Å². The minimum absolute atomic E-state index is 0.136. The van der Waals surface area contributed by atoms with Crippen molar-refractivity contribution < 1.29 is 27.4 Å². The molecule has 1 aliphatic heterocycles. The third-order valence-electron chi connectivity index (χ3n) is 3.10. The lowest BCUT2D eigenvalue weighted by Gasteiger charge is -2.43. The van der Waals surface area contributed by atoms with E-state index >= 15 is 0 Å². The fourth-order valence-corrected chi connectivity index (χ4v) is 4.85. The number of nitrogen functional groups attached to an aromatic ring is 1. The van der Waals surface area contributed by atoms with Crippen LogP contribution in [0.5, 0.6) is 0 Å². The van der Waals surface area contributed by atoms with Gasteiger partial charge in [-0.2, -0.15) is 12.7 Å². The fraction of sp³-hybridized carbons (Fsp3) is 0.455. The van der Waals surface area contributed by atoms with Crippen molar-refractivity contribution in [2.75, 3.05) is 25.1 Å². The number of oxime groups is 1. The van der Waals surface area contributed by atoms with Gasteiger partial charge in [-0.3, -0.25) is 14.1 Å². The quantitative estimate of drug-likeness (QED) is 0.161. The number of β-lactam (4-membered cyclic amide) rings is 1. The second kappa shape index (κ2) is 8.17. The predicted octanol–water partition coefficient (Wildman–Crippen LogP) is -1.78. The second-order valence-corrected chi connectivity index (χ2v) is 8.21. The standard InChI is InChI=1S/C11H16N6O6S3/c1-23-16-6(5-4-25-11(13)14-5)8(18)15-7-9(19)17(26(20,21)22)10(7)24-3-2-12/h4,7,10H,2-3,12H2,1H3,(H2,13,14)(H,15,18)(H,20,21,22)/b16-6-. The minimum atomic E-state index is -4.75. The van der Waals surface area contributed by atoms with E-state index in [-0.39, 0.29) is 27.4 Å². The highest BCUT2D eigenvalue weighted by Crippen LogP contribution is 2.32. The van der Waals surface area contributed by atoms with Gasteiger partial charge in [0, 0.05) is 17.7 Å². The lowest BCUT2D eigenvalue weighted by Crippen LogP contribution is -2.71. The van der Waals surface area contributed by atoms with Gasteiger partial charge in [0.2, 0.25) is 0 Å². The molecule has 1 aliphatic rings. The number of anilines is 1. The summed E-state index contributed by atoms with van der Waals surface area (Å²) in [5.41, 5.74) is 10.8. The molecular formula is C11H16N6O6S3. The first-order chi connectivity index (χ1) is 12.2. The van der Waals surface area contributed by atoms with Crippen molar-refractivity contribution >= 4 is 56.1 Å². The molecule has 1 aromatic rings. The van der Waals surface area contributed by atoms with Crippen molar-refractivity contribution in [3.63, 3.8) is 0 Å². The highest BCUT2D eigenvalue weighted by Gasteiger charge is 2.54. The molecule has 6 N–H and O–H groups in total. The van der Waals surface area contributed by atoms with Crippen molar-refractivity contribution in [2.24, 2.45) is 10.9 Å². The maximum atomic E-state index is 12.5. The largest absolute Gasteiger partial charge is 0.398 e. The molecule has 15 heteroatoms. The molecule has 1 aromatic heterocycles. The zero-order chi connectivity index (χ0) is 19.5. The molecule has 0 bridgehead atoms. The highest BCUT2D eigenvalue weighted by atomic mass is 32.2. The minimum Gasteiger partial charge on any atom is -0.398 e. The van der Waals surface area contributed by atoms with Gasteiger partial charge in [0.15, 0.2) is 10.8 Å². The highest BCUT2D eigenvalue weighted by molar-refractivity contribution is 8.00. The maximum absolute atomic E-state index is 12.5. The molecular weight excluding hydrogens is 408 g/mol. The number of carbonyl (C=O) groups excluding carboxylic acids is 2. The topological polar surface area (TPSA) is 190 Å². The van der Waals surface area contributed by atoms with E-state index in [0.717, 1.165) is 23.1 Å². The molecule has 0 aliphatic carbocycles. The first kappa shape index (κ1) is 20.4. The lowest BCUT2D eigenvalue weighted by molar-refractivity contribution is -0.140. The number of hydrogen-bond donors (Lipinski definition) is 4. The Bertz CT molecular complexity index is 824. The average Bonchev–Trinajstić information content (AvgIpc) is 2.98. The average molecular weight is 424 g/mol. The van der Waals surface area contributed by atoms with E-state index in [1.807, 2.05) is 0 Å². The normalized spacial score (nSPS) is 20.7. The summed E-state index contributed by atoms with van der Waals surface area (Å²) in [7, 11) is -3.53. The van der Waals surface area contributed by atoms with Crippen LogP contribution in [0, 0.1) is 0 Å². The Hall–Kier alpha value is -1.94. The van der Waals surface area contributed by atoms with Crippen LogP contribution in [0.25, 0.3) is 0 Å². The summed E-state index contributed by atoms with van der Waals surface area (Å²) in [6, 6.07) is -1.20. The summed E-state index contributed by atoms with van der Waals surface area (Å²) in [5.74, 6) is -1.49. The molecule has 0 aromatic carbocycles. The van der Waals surface area contributed by atoms with Gasteiger partial charge in [-0.25, -0.2) is 4.98 Å². The number of carbonyl (C=O) groups is 2. The maximum Gasteiger partial charge on any atom is 0.363 e. The molecule has 2 heterocycles. The van der Waals surface area contributed by atoms with Crippen LogP contribution < -0.4 is 16.8 Å². The van der Waals surface area contributed by atoms with Crippen molar-refractivity contribution in [3.8, 4) is 0 Å². The van der Waals surface area contributed by atoms with E-state index in [9.17, 15) is 18.0 Å². The van der Waals surface area contributed by atoms with Gasteiger partial charge in [0.25, 0.3) is 11.8 Å². The fourth-order valence-electron chi connectivity index (χ4n) is 2.07. The van der Waals surface area contributed by atoms with Crippen LogP contribution in [0.15, 0.2) is 10.5 Å². The first-order valence-corrected chi connectivity index (χ1v) is 10.3. The number of thiazole rings is 1. The summed E-state index contributed by atoms with van der Waals surface area (Å²) in [4.78, 5) is 33.0. The van der Waals surface area contributed by atoms with E-state index in [1.165, 1.54) is 12.5 Å². The Morgan fingerprint density at radius 2 is 2.31 bits per heavy atom. The smallest absolute Gasteiger partial charge is 0.363 e. The van der Waals surface area contributed by atoms with Crippen LogP contribution in [0.2, 0.25) is 0 Å². The predicted molar refractivity (Wildman–Crippen MR) is 95.7 cm³/mol. The molecule has 144 valence electrons. The molecule has 2 rings (SSSR count). The van der Waals surface area contributed by atoms with E-state index in [2.05, 4.69) is 20.3 Å². The third kappa shape index (κ3) is 4.24. The number of aromatic nitrogens is 1. The molecule has 0 spiro atoms. The van der Waals surface area contributed by atoms with Crippen molar-refractivity contribution in [1.82, 2.24) is 14.6 Å². The summed E-state index contributed by atoms with van der Waals surface area (Å²) in [5, 5.41) is 6.58. The number of amides is 2. The van der Waals surface area contributed by atoms with Crippen LogP contribution in [0.4, 0.5) is 5.13 Å². The van der Waals surface area contributed by atoms with Gasteiger partial charge in [0.05, 0.1) is 0 Å². The SMILES string of the molecule is CO/N=C(\C(=O)NC1C(=O)N(S(=O)(=O)O)C1SCCN)c1csc(N)n1. The van der Waals surface area contributed by atoms with E-state index in [1.54, 1.807) is 0 Å². The Balaban J connectivity index is 2.20. The molecule has 2 amide bonds. The van der Waals surface area contributed by atoms with Crippen LogP contribution >= 0.6 is 23.1 Å². The molecule has 12 nitrogen and oxygen atoms in total. The number of rotatable bonds is 8. The van der Waals surface area contributed by atoms with Crippen LogP contribution in [0.3, 0.4) is 0 Å². The Kier molecular flexibility index (Phi) is 6.40. The number of nitrogens with two attached hydrogens (primary N) is 2. The van der Waals surface area contributed by atoms with Crippen molar-refractivity contribution in [2.45, 2.75) is 11.4 Å². The van der Waals surface area contributed by atoms with Crippen molar-refractivity contribution in [1.29, 1.82) is 0 Å². The summed E-state index contributed by atoms with van der Waals surface area (Å²) in [6.45, 7) is 0.212. The molecule has 1 saturated heterocycles. The van der Waals surface area contributed by atoms with E-state index < -0.39 is 33.5 Å². The summed E-state index contributed by atoms with van der Waals surface area (Å²) >= 11 is 2.07. The van der Waals surface area contributed by atoms with Crippen LogP contribution in [-0.4, -0.2) is 70.6 Å². The molecule has 0 saturated carbocycles. The van der Waals surface area contributed by atoms with Crippen LogP contribution in [-0.2, 0) is 24.7 Å². The number of hydrogen-bond acceptors (Lipinski definition) is 11. The molecule has 2 unspecified atom stereocenters. The molecule has 1 fully saturated rings. The first-order valence-electron chi connectivity index (χ1n) is 6.96. The van der Waals surface area contributed by atoms with Gasteiger partial charge in [-0.15, -0.1) is 23.1 Å². The number of nitrogens with one attached hydrogen (secondary N) is 1. The molecule has 0 radical (unpaired) electrons. The molecule has 26 heavy (non-hydrogen) atoms. The van der Waals surface area contributed by atoms with Gasteiger partial charge < -0.3 is 21.6 Å². The molecule has 2 atom stereocenters. The summed E-state index contributed by atoms with van der Waals surface area (Å²) in [6.07, 6.45) is 0. The Morgan fingerprint density at radius 3 is 2.81 bits per heavy atom. The van der Waals surface area contributed by atoms with Crippen molar-refractivity contribution in [3.05, 3.63) is 11.1 Å². The Labute approximate surface area is 156 Å². The monoisotopic (exact) mass is 424 g/mol. The van der Waals surface area contributed by atoms with Gasteiger partial charge in [-0.1, -0.05) is 5.16 Å². The van der Waals surface area contributed by atoms with Crippen LogP contribution in [0.1, 0.15) is 5.69 Å². The number of nitrogens with zero attached hydrogens (tertiary/aromatic N) is 3. The summed E-state index contributed by atoms with van der Waals surface area (Å²) < 4.78 is 32.1. The zero-order valence-corrected chi connectivity index (χ0v) is 15.8. The van der Waals surface area contributed by atoms with E-state index in [4.69, 9.17) is 16.0 Å². The Morgan fingerprint density at radius 1 is 1.62 bits per heavy atom.